The van der Waals surface area contributed by atoms with Crippen LogP contribution in [-0.2, 0) is 6.54 Å². The Morgan fingerprint density at radius 2 is 2.19 bits per heavy atom. The Morgan fingerprint density at radius 3 is 2.88 bits per heavy atom. The first-order valence-electron chi connectivity index (χ1n) is 5.90. The predicted molar refractivity (Wildman–Crippen MR) is 61.9 cm³/mol. The molecular formula is C12H19N3O. The molecule has 16 heavy (non-hydrogen) atoms. The number of hydrogen-bond donors (Lipinski definition) is 2. The van der Waals surface area contributed by atoms with E-state index in [0.29, 0.717) is 13.1 Å². The SMILES string of the molecule is Cc1nccc(CNCC2(O)CCCC2)n1. The third-order valence-corrected chi connectivity index (χ3v) is 3.13. The molecule has 0 unspecified atom stereocenters. The molecule has 0 radical (unpaired) electrons. The average Bonchev–Trinajstić information content (AvgIpc) is 2.65. The fourth-order valence-electron chi connectivity index (χ4n) is 2.24. The molecule has 1 heterocycles. The van der Waals surface area contributed by atoms with Gasteiger partial charge in [0.25, 0.3) is 0 Å². The van der Waals surface area contributed by atoms with Crippen molar-refractivity contribution in [1.29, 1.82) is 0 Å². The fraction of sp³-hybridized carbons (Fsp3) is 0.667. The number of aromatic nitrogens is 2. The summed E-state index contributed by atoms with van der Waals surface area (Å²) in [5, 5.41) is 13.4. The summed E-state index contributed by atoms with van der Waals surface area (Å²) in [6.45, 7) is 3.25. The van der Waals surface area contributed by atoms with Crippen LogP contribution in [0.4, 0.5) is 0 Å². The van der Waals surface area contributed by atoms with E-state index in [4.69, 9.17) is 0 Å². The zero-order valence-electron chi connectivity index (χ0n) is 9.74. The molecule has 88 valence electrons. The van der Waals surface area contributed by atoms with Crippen LogP contribution in [0.25, 0.3) is 0 Å². The monoisotopic (exact) mass is 221 g/mol. The Bertz CT molecular complexity index is 348. The summed E-state index contributed by atoms with van der Waals surface area (Å²) in [4.78, 5) is 8.36. The maximum Gasteiger partial charge on any atom is 0.125 e. The van der Waals surface area contributed by atoms with Crippen molar-refractivity contribution in [3.63, 3.8) is 0 Å². The molecule has 1 fully saturated rings. The molecule has 0 atom stereocenters. The maximum atomic E-state index is 10.1. The van der Waals surface area contributed by atoms with Crippen molar-refractivity contribution >= 4 is 0 Å². The van der Waals surface area contributed by atoms with E-state index < -0.39 is 5.60 Å². The molecule has 0 saturated heterocycles. The predicted octanol–water partition coefficient (Wildman–Crippen LogP) is 1.18. The van der Waals surface area contributed by atoms with Crippen LogP contribution in [0, 0.1) is 6.92 Å². The van der Waals surface area contributed by atoms with Gasteiger partial charge in [-0.25, -0.2) is 9.97 Å². The summed E-state index contributed by atoms with van der Waals surface area (Å²) >= 11 is 0. The minimum Gasteiger partial charge on any atom is -0.389 e. The normalized spacial score (nSPS) is 18.9. The molecule has 1 aromatic rings. The Kier molecular flexibility index (Phi) is 3.51. The van der Waals surface area contributed by atoms with E-state index in [1.165, 1.54) is 0 Å². The standard InChI is InChI=1S/C12H19N3O/c1-10-14-7-4-11(15-10)8-13-9-12(16)5-2-3-6-12/h4,7,13,16H,2-3,5-6,8-9H2,1H3. The van der Waals surface area contributed by atoms with Gasteiger partial charge in [-0.2, -0.15) is 0 Å². The van der Waals surface area contributed by atoms with Crippen LogP contribution in [0.15, 0.2) is 12.3 Å². The second-order valence-electron chi connectivity index (χ2n) is 4.63. The Labute approximate surface area is 96.1 Å². The van der Waals surface area contributed by atoms with Gasteiger partial charge in [-0.05, 0) is 25.8 Å². The number of nitrogens with zero attached hydrogens (tertiary/aromatic N) is 2. The topological polar surface area (TPSA) is 58.0 Å². The molecule has 1 aliphatic carbocycles. The minimum atomic E-state index is -0.484. The molecule has 0 aliphatic heterocycles. The molecule has 1 aliphatic rings. The summed E-state index contributed by atoms with van der Waals surface area (Å²) < 4.78 is 0. The molecule has 1 saturated carbocycles. The second kappa shape index (κ2) is 4.89. The van der Waals surface area contributed by atoms with E-state index in [0.717, 1.165) is 37.2 Å². The largest absolute Gasteiger partial charge is 0.389 e. The molecule has 0 amide bonds. The van der Waals surface area contributed by atoms with E-state index >= 15 is 0 Å². The highest BCUT2D eigenvalue weighted by atomic mass is 16.3. The molecule has 2 N–H and O–H groups in total. The van der Waals surface area contributed by atoms with Crippen molar-refractivity contribution in [2.24, 2.45) is 0 Å². The highest BCUT2D eigenvalue weighted by Crippen LogP contribution is 2.28. The van der Waals surface area contributed by atoms with Crippen LogP contribution in [0.5, 0.6) is 0 Å². The van der Waals surface area contributed by atoms with Gasteiger partial charge in [-0.1, -0.05) is 12.8 Å². The van der Waals surface area contributed by atoms with Gasteiger partial charge in [0.2, 0.25) is 0 Å². The minimum absolute atomic E-state index is 0.484. The number of hydrogen-bond acceptors (Lipinski definition) is 4. The summed E-state index contributed by atoms with van der Waals surface area (Å²) in [7, 11) is 0. The van der Waals surface area contributed by atoms with Crippen LogP contribution >= 0.6 is 0 Å². The van der Waals surface area contributed by atoms with Gasteiger partial charge in [0.1, 0.15) is 5.82 Å². The molecular weight excluding hydrogens is 202 g/mol. The first-order valence-corrected chi connectivity index (χ1v) is 5.90. The number of rotatable bonds is 4. The average molecular weight is 221 g/mol. The first-order chi connectivity index (χ1) is 7.68. The fourth-order valence-corrected chi connectivity index (χ4v) is 2.24. The number of aliphatic hydroxyl groups is 1. The summed E-state index contributed by atoms with van der Waals surface area (Å²) in [6, 6.07) is 1.90. The van der Waals surface area contributed by atoms with Gasteiger partial charge in [-0.3, -0.25) is 0 Å². The van der Waals surface area contributed by atoms with E-state index in [1.54, 1.807) is 6.20 Å². The zero-order valence-corrected chi connectivity index (χ0v) is 9.74. The Balaban J connectivity index is 1.79. The van der Waals surface area contributed by atoms with E-state index in [-0.39, 0.29) is 0 Å². The van der Waals surface area contributed by atoms with Crippen LogP contribution < -0.4 is 5.32 Å². The Morgan fingerprint density at radius 1 is 1.44 bits per heavy atom. The lowest BCUT2D eigenvalue weighted by atomic mass is 10.0. The van der Waals surface area contributed by atoms with E-state index in [1.807, 2.05) is 13.0 Å². The summed E-state index contributed by atoms with van der Waals surface area (Å²) in [5.41, 5.74) is 0.497. The van der Waals surface area contributed by atoms with Crippen molar-refractivity contribution in [3.8, 4) is 0 Å². The van der Waals surface area contributed by atoms with Crippen molar-refractivity contribution < 1.29 is 5.11 Å². The van der Waals surface area contributed by atoms with Crippen molar-refractivity contribution in [2.75, 3.05) is 6.54 Å². The molecule has 1 aromatic heterocycles. The second-order valence-corrected chi connectivity index (χ2v) is 4.63. The Hall–Kier alpha value is -1.00. The quantitative estimate of drug-likeness (QED) is 0.801. The molecule has 4 heteroatoms. The van der Waals surface area contributed by atoms with Gasteiger partial charge < -0.3 is 10.4 Å². The van der Waals surface area contributed by atoms with Crippen molar-refractivity contribution in [1.82, 2.24) is 15.3 Å². The van der Waals surface area contributed by atoms with Gasteiger partial charge >= 0.3 is 0 Å². The molecule has 0 spiro atoms. The van der Waals surface area contributed by atoms with Crippen molar-refractivity contribution in [2.45, 2.75) is 44.8 Å². The zero-order chi connectivity index (χ0) is 11.4. The maximum absolute atomic E-state index is 10.1. The summed E-state index contributed by atoms with van der Waals surface area (Å²) in [6.07, 6.45) is 5.89. The number of aryl methyl sites for hydroxylation is 1. The molecule has 0 aromatic carbocycles. The summed E-state index contributed by atoms with van der Waals surface area (Å²) in [5.74, 6) is 0.791. The third-order valence-electron chi connectivity index (χ3n) is 3.13. The van der Waals surface area contributed by atoms with Gasteiger partial charge in [0, 0.05) is 19.3 Å². The van der Waals surface area contributed by atoms with E-state index in [9.17, 15) is 5.11 Å². The number of nitrogens with one attached hydrogen (secondary N) is 1. The lowest BCUT2D eigenvalue weighted by Crippen LogP contribution is -2.37. The molecule has 4 nitrogen and oxygen atoms in total. The molecule has 2 rings (SSSR count). The van der Waals surface area contributed by atoms with Crippen LogP contribution in [0.2, 0.25) is 0 Å². The lowest BCUT2D eigenvalue weighted by Gasteiger charge is -2.22. The van der Waals surface area contributed by atoms with Crippen LogP contribution in [-0.4, -0.2) is 27.2 Å². The van der Waals surface area contributed by atoms with Crippen LogP contribution in [0.3, 0.4) is 0 Å². The van der Waals surface area contributed by atoms with Crippen molar-refractivity contribution in [3.05, 3.63) is 23.8 Å². The van der Waals surface area contributed by atoms with E-state index in [2.05, 4.69) is 15.3 Å². The van der Waals surface area contributed by atoms with Crippen LogP contribution in [0.1, 0.15) is 37.2 Å². The molecule has 0 bridgehead atoms. The highest BCUT2D eigenvalue weighted by molar-refractivity contribution is 5.01. The third kappa shape index (κ3) is 3.00. The highest BCUT2D eigenvalue weighted by Gasteiger charge is 2.30. The lowest BCUT2D eigenvalue weighted by molar-refractivity contribution is 0.0474. The van der Waals surface area contributed by atoms with Gasteiger partial charge in [0.05, 0.1) is 11.3 Å². The smallest absolute Gasteiger partial charge is 0.125 e. The first kappa shape index (κ1) is 11.5. The van der Waals surface area contributed by atoms with Gasteiger partial charge in [0.15, 0.2) is 0 Å². The van der Waals surface area contributed by atoms with Gasteiger partial charge in [-0.15, -0.1) is 0 Å².